The van der Waals surface area contributed by atoms with E-state index in [1.807, 2.05) is 0 Å². The quantitative estimate of drug-likeness (QED) is 0.464. The van der Waals surface area contributed by atoms with E-state index in [-0.39, 0.29) is 5.56 Å². The van der Waals surface area contributed by atoms with Gasteiger partial charge in [0.25, 0.3) is 0 Å². The zero-order valence-corrected chi connectivity index (χ0v) is 8.89. The summed E-state index contributed by atoms with van der Waals surface area (Å²) < 4.78 is 44.8. The molecule has 3 nitrogen and oxygen atoms in total. The Balaban J connectivity index is 2.64. The van der Waals surface area contributed by atoms with Gasteiger partial charge in [0.1, 0.15) is 5.54 Å². The molecule has 0 atom stereocenters. The monoisotopic (exact) mass is 243 g/mol. The van der Waals surface area contributed by atoms with Gasteiger partial charge in [-0.3, -0.25) is 0 Å². The third-order valence-electron chi connectivity index (χ3n) is 2.80. The summed E-state index contributed by atoms with van der Waals surface area (Å²) in [6.45, 7) is 0. The largest absolute Gasteiger partial charge is 0.491 e. The second-order valence-electron chi connectivity index (χ2n) is 3.80. The number of methoxy groups -OCH3 is 1. The molecule has 0 bridgehead atoms. The number of benzene rings is 1. The molecule has 6 heteroatoms. The zero-order chi connectivity index (χ0) is 12.6. The Morgan fingerprint density at radius 2 is 2.00 bits per heavy atom. The molecule has 1 saturated carbocycles. The molecule has 1 aromatic carbocycles. The summed E-state index contributed by atoms with van der Waals surface area (Å²) in [5.41, 5.74) is -1.27. The van der Waals surface area contributed by atoms with Crippen molar-refractivity contribution < 1.29 is 22.7 Å². The number of ether oxygens (including phenoxy) is 1. The zero-order valence-electron chi connectivity index (χ0n) is 8.89. The van der Waals surface area contributed by atoms with Gasteiger partial charge in [0.05, 0.1) is 7.11 Å². The molecular weight excluding hydrogens is 235 g/mol. The van der Waals surface area contributed by atoms with Gasteiger partial charge in [-0.1, -0.05) is 0 Å². The normalized spacial score (nSPS) is 16.2. The Labute approximate surface area is 94.9 Å². The van der Waals surface area contributed by atoms with Crippen LogP contribution in [0.1, 0.15) is 18.4 Å². The number of halogens is 3. The second kappa shape index (κ2) is 3.89. The summed E-state index contributed by atoms with van der Waals surface area (Å²) in [5, 5.41) is 0. The van der Waals surface area contributed by atoms with Crippen molar-refractivity contribution in [3.05, 3.63) is 29.1 Å². The Hall–Kier alpha value is -1.81. The lowest BCUT2D eigenvalue weighted by molar-refractivity contribution is 0.342. The molecule has 1 aliphatic rings. The average molecular weight is 243 g/mol. The van der Waals surface area contributed by atoms with E-state index in [4.69, 9.17) is 0 Å². The van der Waals surface area contributed by atoms with Crippen molar-refractivity contribution >= 4 is 6.08 Å². The van der Waals surface area contributed by atoms with Crippen LogP contribution in [0.2, 0.25) is 0 Å². The summed E-state index contributed by atoms with van der Waals surface area (Å²) in [6.07, 6.45) is 2.11. The summed E-state index contributed by atoms with van der Waals surface area (Å²) in [6, 6.07) is 0.709. The molecule has 0 N–H and O–H groups in total. The number of isocyanates is 1. The lowest BCUT2D eigenvalue weighted by Crippen LogP contribution is -2.09. The Kier molecular flexibility index (Phi) is 2.67. The Morgan fingerprint density at radius 1 is 1.35 bits per heavy atom. The smallest absolute Gasteiger partial charge is 0.235 e. The van der Waals surface area contributed by atoms with Crippen LogP contribution in [0.3, 0.4) is 0 Å². The fourth-order valence-corrected chi connectivity index (χ4v) is 1.75. The molecule has 1 aromatic rings. The Morgan fingerprint density at radius 3 is 2.47 bits per heavy atom. The van der Waals surface area contributed by atoms with Crippen molar-refractivity contribution in [2.24, 2.45) is 4.99 Å². The highest BCUT2D eigenvalue weighted by Gasteiger charge is 2.48. The maximum atomic E-state index is 13.9. The van der Waals surface area contributed by atoms with E-state index in [1.165, 1.54) is 6.08 Å². The van der Waals surface area contributed by atoms with Crippen LogP contribution >= 0.6 is 0 Å². The van der Waals surface area contributed by atoms with Crippen molar-refractivity contribution in [3.8, 4) is 5.75 Å². The first kappa shape index (κ1) is 11.7. The van der Waals surface area contributed by atoms with E-state index < -0.39 is 28.7 Å². The topological polar surface area (TPSA) is 38.7 Å². The fraction of sp³-hybridized carbons (Fsp3) is 0.364. The molecule has 0 radical (unpaired) electrons. The summed E-state index contributed by atoms with van der Waals surface area (Å²) >= 11 is 0. The van der Waals surface area contributed by atoms with Crippen molar-refractivity contribution in [1.29, 1.82) is 0 Å². The first-order chi connectivity index (χ1) is 8.05. The molecule has 0 unspecified atom stereocenters. The molecule has 0 spiro atoms. The van der Waals surface area contributed by atoms with Gasteiger partial charge in [-0.2, -0.15) is 9.38 Å². The van der Waals surface area contributed by atoms with Crippen LogP contribution < -0.4 is 4.74 Å². The highest BCUT2D eigenvalue weighted by molar-refractivity contribution is 5.45. The predicted molar refractivity (Wildman–Crippen MR) is 51.9 cm³/mol. The average Bonchev–Trinajstić information content (AvgIpc) is 3.06. The maximum Gasteiger partial charge on any atom is 0.235 e. The molecule has 0 aliphatic heterocycles. The SMILES string of the molecule is COc1c(F)c(F)cc(C2(N=C=O)CC2)c1F. The molecule has 17 heavy (non-hydrogen) atoms. The number of rotatable bonds is 3. The van der Waals surface area contributed by atoms with E-state index in [9.17, 15) is 18.0 Å². The summed E-state index contributed by atoms with van der Waals surface area (Å²) in [5.74, 6) is -4.44. The van der Waals surface area contributed by atoms with Gasteiger partial charge >= 0.3 is 0 Å². The molecule has 2 rings (SSSR count). The van der Waals surface area contributed by atoms with E-state index in [0.29, 0.717) is 18.9 Å². The minimum absolute atomic E-state index is 0.170. The van der Waals surface area contributed by atoms with Crippen LogP contribution in [0.25, 0.3) is 0 Å². The van der Waals surface area contributed by atoms with Gasteiger partial charge in [0.15, 0.2) is 17.4 Å². The van der Waals surface area contributed by atoms with Gasteiger partial charge in [-0.15, -0.1) is 0 Å². The number of carbonyl (C=O) groups excluding carboxylic acids is 1. The number of hydrogen-bond acceptors (Lipinski definition) is 3. The van der Waals surface area contributed by atoms with Gasteiger partial charge in [0, 0.05) is 5.56 Å². The molecule has 0 aromatic heterocycles. The molecule has 90 valence electrons. The van der Waals surface area contributed by atoms with E-state index in [1.54, 1.807) is 0 Å². The highest BCUT2D eigenvalue weighted by atomic mass is 19.2. The van der Waals surface area contributed by atoms with Crippen LogP contribution in [0.4, 0.5) is 13.2 Å². The molecule has 1 fully saturated rings. The minimum atomic E-state index is -1.39. The van der Waals surface area contributed by atoms with E-state index in [2.05, 4.69) is 9.73 Å². The van der Waals surface area contributed by atoms with Crippen LogP contribution in [0.15, 0.2) is 11.1 Å². The first-order valence-corrected chi connectivity index (χ1v) is 4.87. The molecule has 0 amide bonds. The summed E-state index contributed by atoms with van der Waals surface area (Å²) in [4.78, 5) is 13.7. The maximum absolute atomic E-state index is 13.9. The molecule has 1 aliphatic carbocycles. The summed E-state index contributed by atoms with van der Waals surface area (Å²) in [7, 11) is 1.03. The molecule has 0 heterocycles. The third kappa shape index (κ3) is 1.70. The number of hydrogen-bond donors (Lipinski definition) is 0. The van der Waals surface area contributed by atoms with Crippen LogP contribution in [-0.4, -0.2) is 13.2 Å². The van der Waals surface area contributed by atoms with Crippen molar-refractivity contribution in [2.75, 3.05) is 7.11 Å². The van der Waals surface area contributed by atoms with Gasteiger partial charge in [0.2, 0.25) is 11.9 Å². The van der Waals surface area contributed by atoms with Crippen molar-refractivity contribution in [3.63, 3.8) is 0 Å². The van der Waals surface area contributed by atoms with E-state index in [0.717, 1.165) is 7.11 Å². The first-order valence-electron chi connectivity index (χ1n) is 4.87. The van der Waals surface area contributed by atoms with E-state index >= 15 is 0 Å². The van der Waals surface area contributed by atoms with Crippen molar-refractivity contribution in [2.45, 2.75) is 18.4 Å². The number of aliphatic imine (C=N–C) groups is 1. The van der Waals surface area contributed by atoms with Gasteiger partial charge in [-0.25, -0.2) is 13.6 Å². The minimum Gasteiger partial charge on any atom is -0.491 e. The predicted octanol–water partition coefficient (Wildman–Crippen LogP) is 2.44. The van der Waals surface area contributed by atoms with Gasteiger partial charge in [-0.05, 0) is 18.9 Å². The van der Waals surface area contributed by atoms with Crippen LogP contribution in [0.5, 0.6) is 5.75 Å². The van der Waals surface area contributed by atoms with Gasteiger partial charge < -0.3 is 4.74 Å². The molecular formula is C11H8F3NO2. The number of nitrogens with zero attached hydrogens (tertiary/aromatic N) is 1. The van der Waals surface area contributed by atoms with Crippen LogP contribution in [0, 0.1) is 17.5 Å². The second-order valence-corrected chi connectivity index (χ2v) is 3.80. The van der Waals surface area contributed by atoms with Crippen LogP contribution in [-0.2, 0) is 10.3 Å². The Bertz CT molecular complexity index is 520. The lowest BCUT2D eigenvalue weighted by Gasteiger charge is -2.13. The fourth-order valence-electron chi connectivity index (χ4n) is 1.75. The standard InChI is InChI=1S/C11H8F3NO2/c1-17-10-8(13)6(4-7(12)9(10)14)11(2-3-11)15-5-16/h4H,2-3H2,1H3. The highest BCUT2D eigenvalue weighted by Crippen LogP contribution is 2.51. The molecule has 0 saturated heterocycles. The third-order valence-corrected chi connectivity index (χ3v) is 2.80. The van der Waals surface area contributed by atoms with Crippen molar-refractivity contribution in [1.82, 2.24) is 0 Å². The lowest BCUT2D eigenvalue weighted by atomic mass is 10.0.